The molecule has 0 atom stereocenters. The number of benzene rings is 1. The third kappa shape index (κ3) is 4.14. The number of thioether (sulfide) groups is 1. The predicted octanol–water partition coefficient (Wildman–Crippen LogP) is 3.67. The topological polar surface area (TPSA) is 106 Å². The molecule has 1 heterocycles. The molecular formula is C17H15N3O4S. The minimum absolute atomic E-state index is 0.0343. The molecule has 1 aromatic heterocycles. The van der Waals surface area contributed by atoms with Gasteiger partial charge in [-0.15, -0.1) is 11.8 Å². The second-order valence-electron chi connectivity index (χ2n) is 5.18. The molecular weight excluding hydrogens is 342 g/mol. The minimum Gasteiger partial charge on any atom is -0.496 e. The molecule has 0 radical (unpaired) electrons. The maximum absolute atomic E-state index is 11.6. The largest absolute Gasteiger partial charge is 0.496 e. The van der Waals surface area contributed by atoms with Gasteiger partial charge >= 0.3 is 0 Å². The summed E-state index contributed by atoms with van der Waals surface area (Å²) in [6.45, 7) is 3.13. The van der Waals surface area contributed by atoms with E-state index in [4.69, 9.17) is 4.74 Å². The number of rotatable bonds is 6. The number of aromatic nitrogens is 1. The molecule has 0 aliphatic carbocycles. The highest BCUT2D eigenvalue weighted by Crippen LogP contribution is 2.32. The van der Waals surface area contributed by atoms with Gasteiger partial charge in [-0.1, -0.05) is 0 Å². The van der Waals surface area contributed by atoms with Crippen LogP contribution in [0.2, 0.25) is 0 Å². The van der Waals surface area contributed by atoms with Crippen molar-refractivity contribution in [3.63, 3.8) is 0 Å². The average Bonchev–Trinajstić information content (AvgIpc) is 2.59. The summed E-state index contributed by atoms with van der Waals surface area (Å²) in [5, 5.41) is 20.7. The molecule has 128 valence electrons. The van der Waals surface area contributed by atoms with Crippen LogP contribution in [0, 0.1) is 28.4 Å². The number of pyridine rings is 1. The van der Waals surface area contributed by atoms with Crippen LogP contribution in [0.5, 0.6) is 5.75 Å². The summed E-state index contributed by atoms with van der Waals surface area (Å²) < 4.78 is 5.23. The number of hydrogen-bond acceptors (Lipinski definition) is 7. The number of ether oxygens (including phenoxy) is 1. The van der Waals surface area contributed by atoms with Crippen molar-refractivity contribution in [2.45, 2.75) is 24.6 Å². The first-order valence-corrected chi connectivity index (χ1v) is 8.22. The van der Waals surface area contributed by atoms with Crippen LogP contribution in [-0.2, 0) is 5.75 Å². The van der Waals surface area contributed by atoms with E-state index in [1.54, 1.807) is 6.92 Å². The Hall–Kier alpha value is -2.92. The lowest BCUT2D eigenvalue weighted by Crippen LogP contribution is -2.02. The van der Waals surface area contributed by atoms with Crippen LogP contribution in [-0.4, -0.2) is 22.8 Å². The van der Waals surface area contributed by atoms with E-state index in [1.165, 1.54) is 50.1 Å². The maximum Gasteiger partial charge on any atom is 0.270 e. The van der Waals surface area contributed by atoms with Gasteiger partial charge in [0.2, 0.25) is 0 Å². The van der Waals surface area contributed by atoms with E-state index in [-0.39, 0.29) is 11.5 Å². The number of nitro groups is 1. The number of aryl methyl sites for hydroxylation is 1. The van der Waals surface area contributed by atoms with Crippen molar-refractivity contribution in [3.8, 4) is 11.8 Å². The molecule has 0 aliphatic heterocycles. The summed E-state index contributed by atoms with van der Waals surface area (Å²) in [5.41, 5.74) is 1.84. The molecule has 1 aromatic carbocycles. The fourth-order valence-electron chi connectivity index (χ4n) is 2.27. The number of carbonyl (C=O) groups excluding carboxylic acids is 1. The minimum atomic E-state index is -0.474. The van der Waals surface area contributed by atoms with Crippen molar-refractivity contribution in [1.82, 2.24) is 4.98 Å². The van der Waals surface area contributed by atoms with E-state index in [2.05, 4.69) is 4.98 Å². The quantitative estimate of drug-likeness (QED) is 0.336. The van der Waals surface area contributed by atoms with Crippen molar-refractivity contribution >= 4 is 23.2 Å². The smallest absolute Gasteiger partial charge is 0.270 e. The highest BCUT2D eigenvalue weighted by molar-refractivity contribution is 7.98. The van der Waals surface area contributed by atoms with Gasteiger partial charge in [0, 0.05) is 34.7 Å². The molecule has 0 saturated carbocycles. The summed E-state index contributed by atoms with van der Waals surface area (Å²) >= 11 is 1.26. The molecule has 0 fully saturated rings. The fraction of sp³-hybridized carbons (Fsp3) is 0.235. The molecule has 25 heavy (non-hydrogen) atoms. The van der Waals surface area contributed by atoms with Gasteiger partial charge in [0.05, 0.1) is 17.6 Å². The number of Topliss-reactive ketones (excluding diaryl/α,β-unsaturated/α-hetero) is 1. The zero-order valence-electron chi connectivity index (χ0n) is 13.9. The lowest BCUT2D eigenvalue weighted by molar-refractivity contribution is -0.384. The van der Waals surface area contributed by atoms with Gasteiger partial charge in [0.1, 0.15) is 16.8 Å². The maximum atomic E-state index is 11.6. The Labute approximate surface area is 148 Å². The van der Waals surface area contributed by atoms with E-state index in [0.717, 1.165) is 0 Å². The summed E-state index contributed by atoms with van der Waals surface area (Å²) in [6, 6.07) is 7.91. The SMILES string of the molecule is COc1ccc([N+](=O)[O-])cc1CSc1nc(C)c(C(C)=O)cc1C#N. The van der Waals surface area contributed by atoms with Crippen LogP contribution in [0.4, 0.5) is 5.69 Å². The van der Waals surface area contributed by atoms with Crippen molar-refractivity contribution < 1.29 is 14.5 Å². The van der Waals surface area contributed by atoms with E-state index >= 15 is 0 Å². The van der Waals surface area contributed by atoms with E-state index in [9.17, 15) is 20.2 Å². The lowest BCUT2D eigenvalue weighted by atomic mass is 10.1. The molecule has 0 spiro atoms. The molecule has 2 rings (SSSR count). The van der Waals surface area contributed by atoms with Crippen molar-refractivity contribution in [2.75, 3.05) is 7.11 Å². The first-order chi connectivity index (χ1) is 11.9. The Balaban J connectivity index is 2.34. The molecule has 0 bridgehead atoms. The number of ketones is 1. The van der Waals surface area contributed by atoms with Crippen LogP contribution in [0.25, 0.3) is 0 Å². The Morgan fingerprint density at radius 3 is 2.72 bits per heavy atom. The normalized spacial score (nSPS) is 10.2. The molecule has 0 amide bonds. The number of nitro benzene ring substituents is 1. The Kier molecular flexibility index (Phi) is 5.72. The van der Waals surface area contributed by atoms with Crippen LogP contribution < -0.4 is 4.74 Å². The van der Waals surface area contributed by atoms with Crippen molar-refractivity contribution in [2.24, 2.45) is 0 Å². The second kappa shape index (κ2) is 7.77. The standard InChI is InChI=1S/C17H15N3O4S/c1-10-15(11(2)21)7-12(8-18)17(19-10)25-9-13-6-14(20(22)23)4-5-16(13)24-3/h4-7H,9H2,1-3H3. The van der Waals surface area contributed by atoms with Crippen LogP contribution in [0.1, 0.15) is 34.1 Å². The highest BCUT2D eigenvalue weighted by Gasteiger charge is 2.15. The van der Waals surface area contributed by atoms with Gasteiger partial charge in [0.25, 0.3) is 5.69 Å². The second-order valence-corrected chi connectivity index (χ2v) is 6.15. The van der Waals surface area contributed by atoms with Crippen LogP contribution in [0.15, 0.2) is 29.3 Å². The summed E-state index contributed by atoms with van der Waals surface area (Å²) in [6.07, 6.45) is 0. The Bertz CT molecular complexity index is 890. The number of nitriles is 1. The van der Waals surface area contributed by atoms with Gasteiger partial charge in [-0.3, -0.25) is 14.9 Å². The highest BCUT2D eigenvalue weighted by atomic mass is 32.2. The number of carbonyl (C=O) groups is 1. The molecule has 8 heteroatoms. The van der Waals surface area contributed by atoms with Crippen LogP contribution >= 0.6 is 11.8 Å². The van der Waals surface area contributed by atoms with Gasteiger partial charge in [-0.25, -0.2) is 4.98 Å². The Morgan fingerprint density at radius 1 is 1.44 bits per heavy atom. The number of nitrogens with zero attached hydrogens (tertiary/aromatic N) is 3. The molecule has 2 aromatic rings. The van der Waals surface area contributed by atoms with Gasteiger partial charge < -0.3 is 4.74 Å². The number of methoxy groups -OCH3 is 1. The van der Waals surface area contributed by atoms with E-state index < -0.39 is 4.92 Å². The van der Waals surface area contributed by atoms with E-state index in [0.29, 0.717) is 38.9 Å². The van der Waals surface area contributed by atoms with Crippen molar-refractivity contribution in [3.05, 3.63) is 56.8 Å². The third-order valence-electron chi connectivity index (χ3n) is 3.52. The third-order valence-corrected chi connectivity index (χ3v) is 4.56. The zero-order valence-corrected chi connectivity index (χ0v) is 14.7. The Morgan fingerprint density at radius 2 is 2.16 bits per heavy atom. The molecule has 0 aliphatic rings. The molecule has 0 N–H and O–H groups in total. The number of non-ortho nitro benzene ring substituents is 1. The van der Waals surface area contributed by atoms with Gasteiger partial charge in [-0.05, 0) is 26.0 Å². The van der Waals surface area contributed by atoms with Gasteiger partial charge in [-0.2, -0.15) is 5.26 Å². The van der Waals surface area contributed by atoms with E-state index in [1.807, 2.05) is 6.07 Å². The molecule has 0 saturated heterocycles. The summed E-state index contributed by atoms with van der Waals surface area (Å²) in [7, 11) is 1.49. The predicted molar refractivity (Wildman–Crippen MR) is 92.9 cm³/mol. The summed E-state index contributed by atoms with van der Waals surface area (Å²) in [5.74, 6) is 0.706. The first-order valence-electron chi connectivity index (χ1n) is 7.24. The average molecular weight is 357 g/mol. The fourth-order valence-corrected chi connectivity index (χ4v) is 3.25. The van der Waals surface area contributed by atoms with Crippen molar-refractivity contribution in [1.29, 1.82) is 5.26 Å². The lowest BCUT2D eigenvalue weighted by Gasteiger charge is -2.10. The first kappa shape index (κ1) is 18.4. The monoisotopic (exact) mass is 357 g/mol. The number of hydrogen-bond donors (Lipinski definition) is 0. The molecule has 7 nitrogen and oxygen atoms in total. The van der Waals surface area contributed by atoms with Gasteiger partial charge in [0.15, 0.2) is 5.78 Å². The molecule has 0 unspecified atom stereocenters. The van der Waals surface area contributed by atoms with Crippen LogP contribution in [0.3, 0.4) is 0 Å². The summed E-state index contributed by atoms with van der Waals surface area (Å²) in [4.78, 5) is 26.4. The zero-order chi connectivity index (χ0) is 18.6.